The maximum atomic E-state index is 13.6. The molecule has 1 aliphatic rings. The lowest BCUT2D eigenvalue weighted by Crippen LogP contribution is -2.33. The highest BCUT2D eigenvalue weighted by Crippen LogP contribution is 2.34. The van der Waals surface area contributed by atoms with Crippen LogP contribution in [0.1, 0.15) is 31.7 Å². The number of nitrogens with one attached hydrogen (secondary N) is 1. The summed E-state index contributed by atoms with van der Waals surface area (Å²) in [6, 6.07) is 5.78. The molecule has 0 heterocycles. The van der Waals surface area contributed by atoms with E-state index in [9.17, 15) is 4.39 Å². The molecule has 0 aromatic heterocycles. The normalized spacial score (nSPS) is 16.6. The number of ether oxygens (including phenoxy) is 1. The molecule has 1 aliphatic carbocycles. The van der Waals surface area contributed by atoms with Gasteiger partial charge in [0.05, 0.1) is 7.11 Å². The topological polar surface area (TPSA) is 21.3 Å². The number of benzene rings is 1. The Morgan fingerprint density at radius 2 is 2.22 bits per heavy atom. The van der Waals surface area contributed by atoms with E-state index in [-0.39, 0.29) is 5.82 Å². The molecule has 1 unspecified atom stereocenters. The summed E-state index contributed by atoms with van der Waals surface area (Å²) in [4.78, 5) is 0. The van der Waals surface area contributed by atoms with Crippen LogP contribution in [-0.4, -0.2) is 19.7 Å². The van der Waals surface area contributed by atoms with E-state index < -0.39 is 0 Å². The highest BCUT2D eigenvalue weighted by Gasteiger charge is 2.30. The van der Waals surface area contributed by atoms with Crippen molar-refractivity contribution >= 4 is 0 Å². The molecule has 2 nitrogen and oxygen atoms in total. The largest absolute Gasteiger partial charge is 0.494 e. The molecule has 0 radical (unpaired) electrons. The Kier molecular flexibility index (Phi) is 4.59. The van der Waals surface area contributed by atoms with Crippen molar-refractivity contribution in [1.29, 1.82) is 0 Å². The minimum atomic E-state index is -0.264. The summed E-state index contributed by atoms with van der Waals surface area (Å²) in [7, 11) is 1.49. The van der Waals surface area contributed by atoms with Crippen molar-refractivity contribution in [2.24, 2.45) is 5.92 Å². The molecule has 0 saturated heterocycles. The average Bonchev–Trinajstić information content (AvgIpc) is 3.19. The zero-order valence-corrected chi connectivity index (χ0v) is 11.2. The first-order valence-electron chi connectivity index (χ1n) is 6.80. The fourth-order valence-corrected chi connectivity index (χ4v) is 2.32. The molecule has 0 spiro atoms. The van der Waals surface area contributed by atoms with Crippen molar-refractivity contribution in [2.75, 3.05) is 13.7 Å². The molecule has 0 bridgehead atoms. The fraction of sp³-hybridized carbons (Fsp3) is 0.600. The highest BCUT2D eigenvalue weighted by atomic mass is 19.1. The monoisotopic (exact) mass is 251 g/mol. The van der Waals surface area contributed by atoms with E-state index in [1.54, 1.807) is 12.1 Å². The van der Waals surface area contributed by atoms with Crippen molar-refractivity contribution in [3.05, 3.63) is 29.6 Å². The predicted octanol–water partition coefficient (Wildman–Crippen LogP) is 3.16. The van der Waals surface area contributed by atoms with Gasteiger partial charge in [-0.15, -0.1) is 0 Å². The number of methoxy groups -OCH3 is 1. The summed E-state index contributed by atoms with van der Waals surface area (Å²) in [5, 5.41) is 3.57. The minimum Gasteiger partial charge on any atom is -0.494 e. The van der Waals surface area contributed by atoms with Gasteiger partial charge in [0.1, 0.15) is 0 Å². The molecule has 1 N–H and O–H groups in total. The summed E-state index contributed by atoms with van der Waals surface area (Å²) in [5.74, 6) is 0.838. The Morgan fingerprint density at radius 1 is 1.44 bits per heavy atom. The lowest BCUT2D eigenvalue weighted by molar-refractivity contribution is 0.385. The number of rotatable bonds is 7. The van der Waals surface area contributed by atoms with E-state index in [1.165, 1.54) is 20.0 Å². The highest BCUT2D eigenvalue weighted by molar-refractivity contribution is 5.29. The lowest BCUT2D eigenvalue weighted by atomic mass is 10.0. The summed E-state index contributed by atoms with van der Waals surface area (Å²) in [5.41, 5.74) is 1.05. The first-order chi connectivity index (χ1) is 8.74. The second-order valence-corrected chi connectivity index (χ2v) is 5.07. The van der Waals surface area contributed by atoms with Gasteiger partial charge in [0.15, 0.2) is 11.6 Å². The molecular formula is C15H22FNO. The third kappa shape index (κ3) is 3.45. The van der Waals surface area contributed by atoms with Crippen molar-refractivity contribution in [3.63, 3.8) is 0 Å². The molecule has 3 heteroatoms. The number of hydrogen-bond donors (Lipinski definition) is 1. The van der Waals surface area contributed by atoms with E-state index in [1.807, 2.05) is 6.07 Å². The third-order valence-corrected chi connectivity index (χ3v) is 3.52. The summed E-state index contributed by atoms with van der Waals surface area (Å²) >= 11 is 0. The van der Waals surface area contributed by atoms with E-state index in [0.29, 0.717) is 11.8 Å². The van der Waals surface area contributed by atoms with Crippen molar-refractivity contribution in [2.45, 2.75) is 38.6 Å². The Balaban J connectivity index is 1.99. The van der Waals surface area contributed by atoms with Crippen LogP contribution in [-0.2, 0) is 6.42 Å². The van der Waals surface area contributed by atoms with Crippen LogP contribution in [0, 0.1) is 11.7 Å². The smallest absolute Gasteiger partial charge is 0.165 e. The molecule has 1 atom stereocenters. The van der Waals surface area contributed by atoms with Crippen molar-refractivity contribution in [1.82, 2.24) is 5.32 Å². The van der Waals surface area contributed by atoms with Gasteiger partial charge in [-0.1, -0.05) is 13.0 Å². The van der Waals surface area contributed by atoms with Crippen molar-refractivity contribution < 1.29 is 9.13 Å². The molecule has 1 fully saturated rings. The van der Waals surface area contributed by atoms with Gasteiger partial charge in [-0.05, 0) is 55.8 Å². The van der Waals surface area contributed by atoms with Crippen LogP contribution in [0.4, 0.5) is 4.39 Å². The molecule has 0 aliphatic heterocycles. The van der Waals surface area contributed by atoms with E-state index in [2.05, 4.69) is 12.2 Å². The molecule has 1 saturated carbocycles. The van der Waals surface area contributed by atoms with E-state index in [0.717, 1.165) is 30.9 Å². The standard InChI is InChI=1S/C15H22FNO/c1-3-8-17-14(12-5-6-12)10-11-4-7-15(18-2)13(16)9-11/h4,7,9,12,14,17H,3,5-6,8,10H2,1-2H3. The van der Waals surface area contributed by atoms with Crippen LogP contribution in [0.2, 0.25) is 0 Å². The maximum Gasteiger partial charge on any atom is 0.165 e. The molecule has 1 aromatic carbocycles. The molecule has 1 aromatic rings. The van der Waals surface area contributed by atoms with Crippen molar-refractivity contribution in [3.8, 4) is 5.75 Å². The SMILES string of the molecule is CCCNC(Cc1ccc(OC)c(F)c1)C1CC1. The second-order valence-electron chi connectivity index (χ2n) is 5.07. The van der Waals surface area contributed by atoms with Gasteiger partial charge in [-0.3, -0.25) is 0 Å². The van der Waals surface area contributed by atoms with Crippen LogP contribution in [0.25, 0.3) is 0 Å². The zero-order valence-electron chi connectivity index (χ0n) is 11.2. The molecule has 0 amide bonds. The van der Waals surface area contributed by atoms with Crippen LogP contribution in [0.5, 0.6) is 5.75 Å². The second kappa shape index (κ2) is 6.19. The van der Waals surface area contributed by atoms with Gasteiger partial charge in [-0.2, -0.15) is 0 Å². The molecule has 2 rings (SSSR count). The minimum absolute atomic E-state index is 0.264. The lowest BCUT2D eigenvalue weighted by Gasteiger charge is -2.18. The van der Waals surface area contributed by atoms with E-state index in [4.69, 9.17) is 4.74 Å². The van der Waals surface area contributed by atoms with Crippen LogP contribution in [0.15, 0.2) is 18.2 Å². The van der Waals surface area contributed by atoms with Gasteiger partial charge in [0, 0.05) is 6.04 Å². The number of halogens is 1. The predicted molar refractivity (Wildman–Crippen MR) is 71.5 cm³/mol. The average molecular weight is 251 g/mol. The fourth-order valence-electron chi connectivity index (χ4n) is 2.32. The maximum absolute atomic E-state index is 13.6. The molecular weight excluding hydrogens is 229 g/mol. The van der Waals surface area contributed by atoms with Gasteiger partial charge in [-0.25, -0.2) is 4.39 Å². The van der Waals surface area contributed by atoms with Crippen LogP contribution >= 0.6 is 0 Å². The zero-order chi connectivity index (χ0) is 13.0. The van der Waals surface area contributed by atoms with Gasteiger partial charge in [0.2, 0.25) is 0 Å². The van der Waals surface area contributed by atoms with Gasteiger partial charge in [0.25, 0.3) is 0 Å². The Hall–Kier alpha value is -1.09. The number of hydrogen-bond acceptors (Lipinski definition) is 2. The Morgan fingerprint density at radius 3 is 2.78 bits per heavy atom. The first kappa shape index (κ1) is 13.3. The first-order valence-corrected chi connectivity index (χ1v) is 6.80. The van der Waals surface area contributed by atoms with Gasteiger partial charge < -0.3 is 10.1 Å². The summed E-state index contributed by atoms with van der Waals surface area (Å²) in [6.45, 7) is 3.21. The molecule has 100 valence electrons. The quantitative estimate of drug-likeness (QED) is 0.803. The van der Waals surface area contributed by atoms with Gasteiger partial charge >= 0.3 is 0 Å². The summed E-state index contributed by atoms with van der Waals surface area (Å²) < 4.78 is 18.6. The third-order valence-electron chi connectivity index (χ3n) is 3.52. The summed E-state index contributed by atoms with van der Waals surface area (Å²) in [6.07, 6.45) is 4.66. The molecule has 18 heavy (non-hydrogen) atoms. The van der Waals surface area contributed by atoms with Crippen LogP contribution in [0.3, 0.4) is 0 Å². The Bertz CT molecular complexity index is 390. The van der Waals surface area contributed by atoms with Crippen LogP contribution < -0.4 is 10.1 Å². The Labute approximate surface area is 109 Å². The van der Waals surface area contributed by atoms with E-state index >= 15 is 0 Å².